The zero-order valence-electron chi connectivity index (χ0n) is 19.6. The van der Waals surface area contributed by atoms with Crippen molar-refractivity contribution < 1.29 is 28.6 Å². The standard InChI is InChI=1S/C26H28N2O6/c1-5-32-25(30)22-16(2)23(27-17(22)3)26(31)34-18(4)24(29)28-20-11-13-21(14-12-20)33-15-19-9-7-6-8-10-19/h6-14,18,27H,5,15H2,1-4H3,(H,28,29). The summed E-state index contributed by atoms with van der Waals surface area (Å²) in [6, 6.07) is 16.7. The predicted octanol–water partition coefficient (Wildman–Crippen LogP) is 4.57. The molecule has 178 valence electrons. The Balaban J connectivity index is 1.56. The predicted molar refractivity (Wildman–Crippen MR) is 127 cm³/mol. The van der Waals surface area contributed by atoms with Crippen molar-refractivity contribution in [2.75, 3.05) is 11.9 Å². The molecule has 8 nitrogen and oxygen atoms in total. The van der Waals surface area contributed by atoms with Gasteiger partial charge in [-0.1, -0.05) is 30.3 Å². The van der Waals surface area contributed by atoms with Gasteiger partial charge < -0.3 is 24.5 Å². The molecule has 0 bridgehead atoms. The number of aryl methyl sites for hydroxylation is 1. The SMILES string of the molecule is CCOC(=O)c1c(C)[nH]c(C(=O)OC(C)C(=O)Nc2ccc(OCc3ccccc3)cc2)c1C. The number of benzene rings is 2. The summed E-state index contributed by atoms with van der Waals surface area (Å²) >= 11 is 0. The Morgan fingerprint density at radius 2 is 1.65 bits per heavy atom. The first-order chi connectivity index (χ1) is 16.3. The number of anilines is 1. The number of ether oxygens (including phenoxy) is 3. The van der Waals surface area contributed by atoms with E-state index in [4.69, 9.17) is 14.2 Å². The summed E-state index contributed by atoms with van der Waals surface area (Å²) < 4.78 is 16.1. The van der Waals surface area contributed by atoms with Crippen LogP contribution in [0.25, 0.3) is 0 Å². The van der Waals surface area contributed by atoms with Gasteiger partial charge in [-0.25, -0.2) is 9.59 Å². The van der Waals surface area contributed by atoms with Crippen LogP contribution in [-0.2, 0) is 20.9 Å². The lowest BCUT2D eigenvalue weighted by atomic mass is 10.1. The van der Waals surface area contributed by atoms with Gasteiger partial charge in [-0.2, -0.15) is 0 Å². The molecule has 0 radical (unpaired) electrons. The molecule has 0 saturated heterocycles. The van der Waals surface area contributed by atoms with Gasteiger partial charge in [-0.3, -0.25) is 4.79 Å². The smallest absolute Gasteiger partial charge is 0.355 e. The van der Waals surface area contributed by atoms with E-state index >= 15 is 0 Å². The molecule has 2 N–H and O–H groups in total. The van der Waals surface area contributed by atoms with Crippen molar-refractivity contribution in [2.45, 2.75) is 40.4 Å². The molecule has 3 rings (SSSR count). The van der Waals surface area contributed by atoms with Gasteiger partial charge in [0.25, 0.3) is 5.91 Å². The maximum Gasteiger partial charge on any atom is 0.355 e. The van der Waals surface area contributed by atoms with Crippen LogP contribution < -0.4 is 10.1 Å². The Morgan fingerprint density at radius 3 is 2.29 bits per heavy atom. The summed E-state index contributed by atoms with van der Waals surface area (Å²) in [6.07, 6.45) is -1.06. The van der Waals surface area contributed by atoms with E-state index in [-0.39, 0.29) is 12.3 Å². The maximum atomic E-state index is 12.6. The number of rotatable bonds is 9. The fourth-order valence-electron chi connectivity index (χ4n) is 3.36. The summed E-state index contributed by atoms with van der Waals surface area (Å²) in [5, 5.41) is 2.71. The van der Waals surface area contributed by atoms with Crippen LogP contribution >= 0.6 is 0 Å². The van der Waals surface area contributed by atoms with Crippen LogP contribution in [0, 0.1) is 13.8 Å². The van der Waals surface area contributed by atoms with Crippen LogP contribution in [-0.4, -0.2) is 35.5 Å². The van der Waals surface area contributed by atoms with Gasteiger partial charge in [0.05, 0.1) is 12.2 Å². The lowest BCUT2D eigenvalue weighted by Gasteiger charge is -2.14. The van der Waals surface area contributed by atoms with Crippen molar-refractivity contribution >= 4 is 23.5 Å². The number of aromatic nitrogens is 1. The summed E-state index contributed by atoms with van der Waals surface area (Å²) in [6.45, 7) is 7.13. The first-order valence-corrected chi connectivity index (χ1v) is 10.9. The fourth-order valence-corrected chi connectivity index (χ4v) is 3.36. The summed E-state index contributed by atoms with van der Waals surface area (Å²) in [5.41, 5.74) is 2.91. The van der Waals surface area contributed by atoms with Gasteiger partial charge >= 0.3 is 11.9 Å². The molecule has 0 aliphatic heterocycles. The monoisotopic (exact) mass is 464 g/mol. The molecular formula is C26H28N2O6. The number of hydrogen-bond acceptors (Lipinski definition) is 6. The first-order valence-electron chi connectivity index (χ1n) is 10.9. The molecule has 0 spiro atoms. The molecule has 1 heterocycles. The van der Waals surface area contributed by atoms with Crippen LogP contribution in [0.1, 0.15) is 51.5 Å². The van der Waals surface area contributed by atoms with E-state index in [1.165, 1.54) is 6.92 Å². The number of aromatic amines is 1. The third kappa shape index (κ3) is 6.04. The number of amides is 1. The Kier molecular flexibility index (Phi) is 8.08. The van der Waals surface area contributed by atoms with E-state index < -0.39 is 23.9 Å². The molecule has 8 heteroatoms. The number of nitrogens with one attached hydrogen (secondary N) is 2. The van der Waals surface area contributed by atoms with E-state index in [1.54, 1.807) is 45.0 Å². The van der Waals surface area contributed by atoms with Crippen molar-refractivity contribution in [1.29, 1.82) is 0 Å². The molecule has 1 unspecified atom stereocenters. The Hall–Kier alpha value is -4.07. The van der Waals surface area contributed by atoms with Crippen LogP contribution in [0.3, 0.4) is 0 Å². The van der Waals surface area contributed by atoms with E-state index in [0.717, 1.165) is 5.56 Å². The van der Waals surface area contributed by atoms with E-state index in [9.17, 15) is 14.4 Å². The molecule has 34 heavy (non-hydrogen) atoms. The summed E-state index contributed by atoms with van der Waals surface area (Å²) in [7, 11) is 0. The van der Waals surface area contributed by atoms with E-state index in [1.807, 2.05) is 30.3 Å². The van der Waals surface area contributed by atoms with Crippen molar-refractivity contribution in [3.8, 4) is 5.75 Å². The van der Waals surface area contributed by atoms with Crippen LogP contribution in [0.5, 0.6) is 5.75 Å². The second-order valence-corrected chi connectivity index (χ2v) is 7.68. The molecular weight excluding hydrogens is 436 g/mol. The average molecular weight is 465 g/mol. The van der Waals surface area contributed by atoms with Crippen molar-refractivity contribution in [3.63, 3.8) is 0 Å². The quantitative estimate of drug-likeness (QED) is 0.449. The number of carbonyl (C=O) groups is 3. The Bertz CT molecular complexity index is 1150. The molecule has 1 aromatic heterocycles. The lowest BCUT2D eigenvalue weighted by molar-refractivity contribution is -0.123. The van der Waals surface area contributed by atoms with Crippen molar-refractivity contribution in [1.82, 2.24) is 4.98 Å². The molecule has 2 aromatic carbocycles. The average Bonchev–Trinajstić information content (AvgIpc) is 3.13. The summed E-state index contributed by atoms with van der Waals surface area (Å²) in [5.74, 6) is -1.08. The molecule has 0 aliphatic carbocycles. The minimum atomic E-state index is -1.06. The largest absolute Gasteiger partial charge is 0.489 e. The molecule has 0 saturated carbocycles. The van der Waals surface area contributed by atoms with Gasteiger partial charge in [-0.05, 0) is 63.1 Å². The highest BCUT2D eigenvalue weighted by Crippen LogP contribution is 2.21. The second-order valence-electron chi connectivity index (χ2n) is 7.68. The van der Waals surface area contributed by atoms with Gasteiger partial charge in [0.15, 0.2) is 6.10 Å². The minimum absolute atomic E-state index is 0.111. The zero-order valence-corrected chi connectivity index (χ0v) is 19.6. The topological polar surface area (TPSA) is 107 Å². The Labute approximate surface area is 198 Å². The van der Waals surface area contributed by atoms with Crippen LogP contribution in [0.15, 0.2) is 54.6 Å². The van der Waals surface area contributed by atoms with E-state index in [0.29, 0.717) is 34.9 Å². The third-order valence-corrected chi connectivity index (χ3v) is 5.14. The highest BCUT2D eigenvalue weighted by atomic mass is 16.5. The number of carbonyl (C=O) groups excluding carboxylic acids is 3. The zero-order chi connectivity index (χ0) is 24.7. The van der Waals surface area contributed by atoms with Gasteiger partial charge in [0.2, 0.25) is 0 Å². The molecule has 0 aliphatic rings. The van der Waals surface area contributed by atoms with Crippen LogP contribution in [0.4, 0.5) is 5.69 Å². The molecule has 1 atom stereocenters. The van der Waals surface area contributed by atoms with Gasteiger partial charge in [-0.15, -0.1) is 0 Å². The summed E-state index contributed by atoms with van der Waals surface area (Å²) in [4.78, 5) is 40.1. The molecule has 0 fully saturated rings. The Morgan fingerprint density at radius 1 is 0.971 bits per heavy atom. The highest BCUT2D eigenvalue weighted by molar-refractivity contribution is 6.00. The number of hydrogen-bond donors (Lipinski definition) is 2. The normalized spacial score (nSPS) is 11.4. The molecule has 1 amide bonds. The maximum absolute atomic E-state index is 12.6. The number of H-pyrrole nitrogens is 1. The van der Waals surface area contributed by atoms with Gasteiger partial charge in [0, 0.05) is 11.4 Å². The van der Waals surface area contributed by atoms with E-state index in [2.05, 4.69) is 10.3 Å². The molecule has 3 aromatic rings. The van der Waals surface area contributed by atoms with Crippen molar-refractivity contribution in [2.24, 2.45) is 0 Å². The van der Waals surface area contributed by atoms with Crippen LogP contribution in [0.2, 0.25) is 0 Å². The minimum Gasteiger partial charge on any atom is -0.489 e. The second kappa shape index (κ2) is 11.2. The van der Waals surface area contributed by atoms with Crippen molar-refractivity contribution in [3.05, 3.63) is 82.7 Å². The lowest BCUT2D eigenvalue weighted by Crippen LogP contribution is -2.30. The van der Waals surface area contributed by atoms with Gasteiger partial charge in [0.1, 0.15) is 18.1 Å². The fraction of sp³-hybridized carbons (Fsp3) is 0.269. The number of esters is 2. The first kappa shape index (κ1) is 24.6. The highest BCUT2D eigenvalue weighted by Gasteiger charge is 2.26. The third-order valence-electron chi connectivity index (χ3n) is 5.14.